The van der Waals surface area contributed by atoms with Crippen molar-refractivity contribution in [1.29, 1.82) is 0 Å². The molecule has 9 nitrogen and oxygen atoms in total. The molecule has 2 aliphatic heterocycles. The van der Waals surface area contributed by atoms with Crippen molar-refractivity contribution in [3.63, 3.8) is 0 Å². The molecule has 1 amide bonds. The molecule has 1 aromatic carbocycles. The highest BCUT2D eigenvalue weighted by Crippen LogP contribution is 2.40. The van der Waals surface area contributed by atoms with Gasteiger partial charge in [0, 0.05) is 5.70 Å². The van der Waals surface area contributed by atoms with Gasteiger partial charge in [0.15, 0.2) is 5.58 Å². The van der Waals surface area contributed by atoms with E-state index < -0.39 is 5.54 Å². The maximum Gasteiger partial charge on any atom is 0.302 e. The van der Waals surface area contributed by atoms with Crippen LogP contribution in [0.4, 0.5) is 11.1 Å². The molecule has 2 aliphatic rings. The molecule has 1 fully saturated rings. The van der Waals surface area contributed by atoms with Crippen LogP contribution in [-0.2, 0) is 4.79 Å². The van der Waals surface area contributed by atoms with Crippen LogP contribution in [-0.4, -0.2) is 44.1 Å². The first-order valence-electron chi connectivity index (χ1n) is 9.49. The SMILES string of the molecule is CC1=C(C(=O)Nc2nncs2)C2(CCSCC2)N=C(Nc2nc3ccccc3o2)N1. The van der Waals surface area contributed by atoms with Crippen molar-refractivity contribution >= 4 is 57.2 Å². The first-order chi connectivity index (χ1) is 14.6. The zero-order valence-corrected chi connectivity index (χ0v) is 17.8. The van der Waals surface area contributed by atoms with E-state index in [4.69, 9.17) is 9.41 Å². The molecule has 0 atom stereocenters. The third kappa shape index (κ3) is 3.54. The smallest absolute Gasteiger partial charge is 0.302 e. The van der Waals surface area contributed by atoms with Gasteiger partial charge in [0.1, 0.15) is 11.0 Å². The molecule has 0 unspecified atom stereocenters. The molecule has 1 saturated heterocycles. The number of anilines is 2. The average molecular weight is 442 g/mol. The summed E-state index contributed by atoms with van der Waals surface area (Å²) < 4.78 is 5.77. The predicted octanol–water partition coefficient (Wildman–Crippen LogP) is 3.23. The predicted molar refractivity (Wildman–Crippen MR) is 119 cm³/mol. The van der Waals surface area contributed by atoms with E-state index in [1.807, 2.05) is 43.0 Å². The van der Waals surface area contributed by atoms with E-state index in [1.165, 1.54) is 11.3 Å². The summed E-state index contributed by atoms with van der Waals surface area (Å²) in [5, 5.41) is 17.4. The molecule has 4 heterocycles. The molecule has 0 saturated carbocycles. The molecule has 154 valence electrons. The van der Waals surface area contributed by atoms with E-state index in [9.17, 15) is 4.79 Å². The Labute approximate surface area is 180 Å². The normalized spacial score (nSPS) is 18.2. The number of nitrogens with zero attached hydrogens (tertiary/aromatic N) is 4. The van der Waals surface area contributed by atoms with Crippen molar-refractivity contribution in [3.05, 3.63) is 41.0 Å². The number of thioether (sulfide) groups is 1. The summed E-state index contributed by atoms with van der Waals surface area (Å²) in [5.74, 6) is 2.19. The number of carbonyl (C=O) groups excluding carboxylic acids is 1. The Balaban J connectivity index is 1.45. The summed E-state index contributed by atoms with van der Waals surface area (Å²) in [5.41, 5.74) is 3.83. The second-order valence-corrected chi connectivity index (χ2v) is 9.10. The lowest BCUT2D eigenvalue weighted by Gasteiger charge is -2.39. The lowest BCUT2D eigenvalue weighted by molar-refractivity contribution is -0.113. The fourth-order valence-electron chi connectivity index (χ4n) is 3.81. The van der Waals surface area contributed by atoms with E-state index in [2.05, 4.69) is 31.1 Å². The highest BCUT2D eigenvalue weighted by Gasteiger charge is 2.43. The standard InChI is InChI=1S/C19H19N7O2S2/c1-11-14(15(27)23-18-26-20-10-30-18)19(6-8-29-9-7-19)25-16(21-11)24-17-22-12-4-2-3-5-13(12)28-17/h2-5,10H,6-9H2,1H3,(H,23,26,27)(H2,21,22,24,25). The van der Waals surface area contributed by atoms with Crippen molar-refractivity contribution in [2.75, 3.05) is 22.1 Å². The molecule has 2 aromatic heterocycles. The van der Waals surface area contributed by atoms with Gasteiger partial charge in [0.05, 0.1) is 11.1 Å². The van der Waals surface area contributed by atoms with Gasteiger partial charge in [0.2, 0.25) is 11.1 Å². The molecule has 0 bridgehead atoms. The third-order valence-corrected chi connectivity index (χ3v) is 6.71. The van der Waals surface area contributed by atoms with E-state index in [1.54, 1.807) is 5.51 Å². The number of para-hydroxylation sites is 2. The lowest BCUT2D eigenvalue weighted by Crippen LogP contribution is -2.48. The fraction of sp³-hybridized carbons (Fsp3) is 0.316. The summed E-state index contributed by atoms with van der Waals surface area (Å²) >= 11 is 3.16. The summed E-state index contributed by atoms with van der Waals surface area (Å²) in [6, 6.07) is 7.93. The minimum Gasteiger partial charge on any atom is -0.423 e. The summed E-state index contributed by atoms with van der Waals surface area (Å²) in [4.78, 5) is 22.5. The number of aromatic nitrogens is 3. The van der Waals surface area contributed by atoms with Gasteiger partial charge >= 0.3 is 6.01 Å². The van der Waals surface area contributed by atoms with Crippen molar-refractivity contribution in [1.82, 2.24) is 20.5 Å². The van der Waals surface area contributed by atoms with Gasteiger partial charge < -0.3 is 9.73 Å². The van der Waals surface area contributed by atoms with Gasteiger partial charge in [-0.05, 0) is 43.4 Å². The van der Waals surface area contributed by atoms with Crippen LogP contribution in [0.2, 0.25) is 0 Å². The summed E-state index contributed by atoms with van der Waals surface area (Å²) in [6.07, 6.45) is 1.54. The highest BCUT2D eigenvalue weighted by molar-refractivity contribution is 7.99. The molecule has 11 heteroatoms. The van der Waals surface area contributed by atoms with Crippen LogP contribution in [0.1, 0.15) is 19.8 Å². The molecule has 3 N–H and O–H groups in total. The lowest BCUT2D eigenvalue weighted by atomic mass is 9.81. The van der Waals surface area contributed by atoms with Crippen LogP contribution >= 0.6 is 23.1 Å². The minimum absolute atomic E-state index is 0.201. The van der Waals surface area contributed by atoms with E-state index in [0.29, 0.717) is 28.3 Å². The molecule has 0 radical (unpaired) electrons. The first kappa shape index (κ1) is 19.1. The number of rotatable bonds is 3. The molecule has 3 aromatic rings. The van der Waals surface area contributed by atoms with Crippen LogP contribution in [0.15, 0.2) is 50.5 Å². The quantitative estimate of drug-likeness (QED) is 0.567. The van der Waals surface area contributed by atoms with Crippen LogP contribution in [0.5, 0.6) is 0 Å². The largest absolute Gasteiger partial charge is 0.423 e. The maximum absolute atomic E-state index is 13.1. The number of allylic oxidation sites excluding steroid dienone is 1. The molecule has 5 rings (SSSR count). The number of oxazole rings is 1. The van der Waals surface area contributed by atoms with Crippen molar-refractivity contribution in [2.24, 2.45) is 4.99 Å². The summed E-state index contributed by atoms with van der Waals surface area (Å²) in [7, 11) is 0. The van der Waals surface area contributed by atoms with Crippen LogP contribution in [0, 0.1) is 0 Å². The van der Waals surface area contributed by atoms with E-state index in [0.717, 1.165) is 35.6 Å². The highest BCUT2D eigenvalue weighted by atomic mass is 32.2. The Morgan fingerprint density at radius 2 is 2.10 bits per heavy atom. The van der Waals surface area contributed by atoms with Gasteiger partial charge in [-0.25, -0.2) is 4.99 Å². The molecular weight excluding hydrogens is 422 g/mol. The van der Waals surface area contributed by atoms with Crippen LogP contribution in [0.3, 0.4) is 0 Å². The number of fused-ring (bicyclic) bond motifs is 1. The van der Waals surface area contributed by atoms with Gasteiger partial charge in [-0.3, -0.25) is 15.4 Å². The maximum atomic E-state index is 13.1. The molecular formula is C19H19N7O2S2. The second-order valence-electron chi connectivity index (χ2n) is 7.04. The van der Waals surface area contributed by atoms with Gasteiger partial charge in [-0.1, -0.05) is 23.5 Å². The van der Waals surface area contributed by atoms with Gasteiger partial charge in [-0.2, -0.15) is 16.7 Å². The van der Waals surface area contributed by atoms with Crippen molar-refractivity contribution < 1.29 is 9.21 Å². The topological polar surface area (TPSA) is 117 Å². The number of benzene rings is 1. The number of nitrogens with one attached hydrogen (secondary N) is 3. The number of guanidine groups is 1. The zero-order valence-electron chi connectivity index (χ0n) is 16.1. The van der Waals surface area contributed by atoms with Gasteiger partial charge in [-0.15, -0.1) is 10.2 Å². The fourth-order valence-corrected chi connectivity index (χ4v) is 5.42. The average Bonchev–Trinajstić information content (AvgIpc) is 3.37. The second kappa shape index (κ2) is 7.73. The Bertz CT molecular complexity index is 1110. The Hall–Kier alpha value is -2.92. The number of amides is 1. The third-order valence-electron chi connectivity index (χ3n) is 5.12. The molecule has 0 aliphatic carbocycles. The van der Waals surface area contributed by atoms with Crippen molar-refractivity contribution in [3.8, 4) is 0 Å². The number of hydrogen-bond acceptors (Lipinski definition) is 10. The van der Waals surface area contributed by atoms with E-state index in [-0.39, 0.29) is 5.91 Å². The minimum atomic E-state index is -0.607. The zero-order chi connectivity index (χ0) is 20.6. The number of carbonyl (C=O) groups is 1. The number of hydrogen-bond donors (Lipinski definition) is 3. The monoisotopic (exact) mass is 441 g/mol. The Kier molecular flexibility index (Phi) is 4.91. The van der Waals surface area contributed by atoms with E-state index >= 15 is 0 Å². The summed E-state index contributed by atoms with van der Waals surface area (Å²) in [6.45, 7) is 1.89. The Morgan fingerprint density at radius 3 is 2.87 bits per heavy atom. The molecule has 1 spiro atoms. The molecule has 30 heavy (non-hydrogen) atoms. The van der Waals surface area contributed by atoms with Crippen molar-refractivity contribution in [2.45, 2.75) is 25.3 Å². The Morgan fingerprint density at radius 1 is 1.27 bits per heavy atom. The number of aliphatic imine (C=N–C) groups is 1. The van der Waals surface area contributed by atoms with Crippen LogP contribution < -0.4 is 16.0 Å². The van der Waals surface area contributed by atoms with Gasteiger partial charge in [0.25, 0.3) is 5.91 Å². The first-order valence-corrected chi connectivity index (χ1v) is 11.5. The van der Waals surface area contributed by atoms with Crippen LogP contribution in [0.25, 0.3) is 11.1 Å².